The normalized spacial score (nSPS) is 32.0. The molecule has 2 aliphatic heterocycles. The predicted molar refractivity (Wildman–Crippen MR) is 79.9 cm³/mol. The molecule has 0 aliphatic carbocycles. The second-order valence-corrected chi connectivity index (χ2v) is 7.82. The summed E-state index contributed by atoms with van der Waals surface area (Å²) in [6.07, 6.45) is -0.650. The van der Waals surface area contributed by atoms with E-state index in [1.54, 1.807) is 13.8 Å². The first-order valence-electron chi connectivity index (χ1n) is 7.23. The molecule has 0 bridgehead atoms. The van der Waals surface area contributed by atoms with Crippen molar-refractivity contribution in [2.75, 3.05) is 12.9 Å². The zero-order valence-corrected chi connectivity index (χ0v) is 14.1. The smallest absolute Gasteiger partial charge is 0.325 e. The van der Waals surface area contributed by atoms with E-state index in [1.807, 2.05) is 0 Å². The van der Waals surface area contributed by atoms with Gasteiger partial charge in [-0.05, 0) is 13.8 Å². The molecule has 4 atom stereocenters. The van der Waals surface area contributed by atoms with Gasteiger partial charge in [0.25, 0.3) is 15.7 Å². The highest BCUT2D eigenvalue weighted by molar-refractivity contribution is 7.85. The molecule has 0 amide bonds. The number of hydrogen-bond acceptors (Lipinski definition) is 8. The van der Waals surface area contributed by atoms with Crippen molar-refractivity contribution in [1.82, 2.24) is 9.97 Å². The minimum Gasteiger partial charge on any atom is -0.362 e. The Morgan fingerprint density at radius 1 is 1.25 bits per heavy atom. The molecule has 3 rings (SSSR count). The number of ether oxygens (including phenoxy) is 3. The van der Waals surface area contributed by atoms with Crippen molar-refractivity contribution < 1.29 is 26.8 Å². The monoisotopic (exact) mass is 362 g/mol. The molecule has 0 unspecified atom stereocenters. The molecule has 0 aromatic carbocycles. The summed E-state index contributed by atoms with van der Waals surface area (Å²) in [5.41, 5.74) is -1.09. The molecule has 0 saturated carbocycles. The molecule has 3 heterocycles. The number of rotatable bonds is 4. The maximum atomic E-state index is 12.0. The Bertz CT molecular complexity index is 842. The number of H-pyrrole nitrogens is 2. The zero-order chi connectivity index (χ0) is 17.7. The molecule has 24 heavy (non-hydrogen) atoms. The largest absolute Gasteiger partial charge is 0.362 e. The van der Waals surface area contributed by atoms with Gasteiger partial charge in [-0.1, -0.05) is 0 Å². The lowest BCUT2D eigenvalue weighted by molar-refractivity contribution is -0.190. The van der Waals surface area contributed by atoms with Gasteiger partial charge in [-0.3, -0.25) is 14.0 Å². The van der Waals surface area contributed by atoms with Crippen molar-refractivity contribution in [3.63, 3.8) is 0 Å². The quantitative estimate of drug-likeness (QED) is 0.651. The van der Waals surface area contributed by atoms with Gasteiger partial charge in [0, 0.05) is 6.20 Å². The van der Waals surface area contributed by atoms with Gasteiger partial charge >= 0.3 is 5.69 Å². The summed E-state index contributed by atoms with van der Waals surface area (Å²) in [7, 11) is -3.66. The number of fused-ring (bicyclic) bond motifs is 1. The van der Waals surface area contributed by atoms with Crippen LogP contribution in [0.2, 0.25) is 0 Å². The van der Waals surface area contributed by atoms with Crippen molar-refractivity contribution in [1.29, 1.82) is 0 Å². The summed E-state index contributed by atoms with van der Waals surface area (Å²) in [5.74, 6) is -0.921. The second-order valence-electron chi connectivity index (χ2n) is 6.18. The fourth-order valence-corrected chi connectivity index (χ4v) is 3.27. The Morgan fingerprint density at radius 3 is 2.54 bits per heavy atom. The average molecular weight is 362 g/mol. The van der Waals surface area contributed by atoms with Gasteiger partial charge in [-0.15, -0.1) is 0 Å². The summed E-state index contributed by atoms with van der Waals surface area (Å²) in [5, 5.41) is 0. The second kappa shape index (κ2) is 5.77. The van der Waals surface area contributed by atoms with Crippen LogP contribution in [0.5, 0.6) is 0 Å². The number of hydrogen-bond donors (Lipinski definition) is 2. The Labute approximate surface area is 137 Å². The highest BCUT2D eigenvalue weighted by Crippen LogP contribution is 2.44. The summed E-state index contributed by atoms with van der Waals surface area (Å²) in [6, 6.07) is 0. The Balaban J connectivity index is 1.90. The van der Waals surface area contributed by atoms with Crippen LogP contribution in [0.15, 0.2) is 15.8 Å². The van der Waals surface area contributed by atoms with Crippen LogP contribution in [0.4, 0.5) is 0 Å². The van der Waals surface area contributed by atoms with Crippen molar-refractivity contribution >= 4 is 10.1 Å². The van der Waals surface area contributed by atoms with Crippen LogP contribution in [0.1, 0.15) is 25.5 Å². The van der Waals surface area contributed by atoms with Gasteiger partial charge in [0.1, 0.15) is 24.4 Å². The Hall–Kier alpha value is -1.53. The third-order valence-electron chi connectivity index (χ3n) is 3.75. The first-order valence-corrected chi connectivity index (χ1v) is 9.05. The van der Waals surface area contributed by atoms with Crippen LogP contribution < -0.4 is 11.2 Å². The van der Waals surface area contributed by atoms with Crippen LogP contribution in [-0.4, -0.2) is 55.3 Å². The highest BCUT2D eigenvalue weighted by Gasteiger charge is 2.56. The molecule has 2 aliphatic rings. The van der Waals surface area contributed by atoms with Crippen molar-refractivity contribution in [3.8, 4) is 0 Å². The lowest BCUT2D eigenvalue weighted by Gasteiger charge is -2.23. The van der Waals surface area contributed by atoms with E-state index < -0.39 is 51.6 Å². The average Bonchev–Trinajstić information content (AvgIpc) is 2.90. The molecule has 1 aromatic heterocycles. The van der Waals surface area contributed by atoms with E-state index in [9.17, 15) is 18.0 Å². The molecular weight excluding hydrogens is 344 g/mol. The van der Waals surface area contributed by atoms with Gasteiger partial charge in [0.15, 0.2) is 5.79 Å². The predicted octanol–water partition coefficient (Wildman–Crippen LogP) is -1.00. The molecule has 134 valence electrons. The lowest BCUT2D eigenvalue weighted by Crippen LogP contribution is -2.33. The van der Waals surface area contributed by atoms with E-state index in [1.165, 1.54) is 6.20 Å². The zero-order valence-electron chi connectivity index (χ0n) is 13.3. The molecule has 11 heteroatoms. The SMILES string of the molecule is CC1(C)O[C@@H]2[C@H](O1)[C@@H](COS(C)(=O)=O)O[C@H]2c1c[nH]c(=O)[nH]c1=O. The van der Waals surface area contributed by atoms with Gasteiger partial charge in [0.05, 0.1) is 18.4 Å². The first-order chi connectivity index (χ1) is 11.1. The van der Waals surface area contributed by atoms with Crippen LogP contribution in [0.25, 0.3) is 0 Å². The third kappa shape index (κ3) is 3.44. The van der Waals surface area contributed by atoms with E-state index in [2.05, 4.69) is 9.97 Å². The van der Waals surface area contributed by atoms with Gasteiger partial charge in [-0.2, -0.15) is 8.42 Å². The first kappa shape index (κ1) is 17.3. The minimum atomic E-state index is -3.66. The van der Waals surface area contributed by atoms with Crippen LogP contribution in [0.3, 0.4) is 0 Å². The molecule has 0 spiro atoms. The van der Waals surface area contributed by atoms with Gasteiger partial charge in [0.2, 0.25) is 0 Å². The van der Waals surface area contributed by atoms with E-state index in [-0.39, 0.29) is 12.2 Å². The highest BCUT2D eigenvalue weighted by atomic mass is 32.2. The Morgan fingerprint density at radius 2 is 1.92 bits per heavy atom. The van der Waals surface area contributed by atoms with Crippen molar-refractivity contribution in [2.45, 2.75) is 44.1 Å². The van der Waals surface area contributed by atoms with Crippen molar-refractivity contribution in [2.24, 2.45) is 0 Å². The standard InChI is InChI=1S/C13H18N2O8S/c1-13(2)22-9-7(5-20-24(3,18)19)21-8(10(9)23-13)6-4-14-12(17)15-11(6)16/h4,7-10H,5H2,1-3H3,(H2,14,15,16,17)/t7-,8+,9-,10+/m1/s1. The van der Waals surface area contributed by atoms with Crippen LogP contribution in [0, 0.1) is 0 Å². The molecule has 10 nitrogen and oxygen atoms in total. The number of aromatic amines is 2. The van der Waals surface area contributed by atoms with Crippen molar-refractivity contribution in [3.05, 3.63) is 32.6 Å². The van der Waals surface area contributed by atoms with E-state index in [4.69, 9.17) is 18.4 Å². The molecule has 2 fully saturated rings. The van der Waals surface area contributed by atoms with Crippen LogP contribution in [-0.2, 0) is 28.5 Å². The molecule has 2 saturated heterocycles. The maximum absolute atomic E-state index is 12.0. The van der Waals surface area contributed by atoms with E-state index in [0.29, 0.717) is 0 Å². The molecule has 1 aromatic rings. The maximum Gasteiger partial charge on any atom is 0.325 e. The van der Waals surface area contributed by atoms with E-state index >= 15 is 0 Å². The minimum absolute atomic E-state index is 0.160. The fraction of sp³-hybridized carbons (Fsp3) is 0.692. The Kier molecular flexibility index (Phi) is 4.16. The summed E-state index contributed by atoms with van der Waals surface area (Å²) in [4.78, 5) is 27.7. The van der Waals surface area contributed by atoms with Crippen LogP contribution >= 0.6 is 0 Å². The number of aromatic nitrogens is 2. The lowest BCUT2D eigenvalue weighted by atomic mass is 10.0. The number of nitrogens with one attached hydrogen (secondary N) is 2. The van der Waals surface area contributed by atoms with E-state index in [0.717, 1.165) is 6.26 Å². The van der Waals surface area contributed by atoms with Gasteiger partial charge < -0.3 is 19.2 Å². The topological polar surface area (TPSA) is 137 Å². The molecule has 2 N–H and O–H groups in total. The fourth-order valence-electron chi connectivity index (χ4n) is 2.89. The molecule has 0 radical (unpaired) electrons. The summed E-state index contributed by atoms with van der Waals surface area (Å²) >= 11 is 0. The van der Waals surface area contributed by atoms with Gasteiger partial charge in [-0.25, -0.2) is 4.79 Å². The summed E-state index contributed by atoms with van der Waals surface area (Å²) < 4.78 is 44.5. The summed E-state index contributed by atoms with van der Waals surface area (Å²) in [6.45, 7) is 3.14. The third-order valence-corrected chi connectivity index (χ3v) is 4.31. The molecular formula is C13H18N2O8S.